The number of benzene rings is 1. The second-order valence-electron chi connectivity index (χ2n) is 5.91. The van der Waals surface area contributed by atoms with Crippen LogP contribution in [0.25, 0.3) is 0 Å². The Balaban J connectivity index is 2.25. The summed E-state index contributed by atoms with van der Waals surface area (Å²) >= 11 is 0. The minimum atomic E-state index is 0.393. The normalized spacial score (nSPS) is 21.1. The van der Waals surface area contributed by atoms with Gasteiger partial charge in [-0.15, -0.1) is 0 Å². The van der Waals surface area contributed by atoms with Crippen LogP contribution >= 0.6 is 0 Å². The minimum absolute atomic E-state index is 0.393. The average Bonchev–Trinajstić information content (AvgIpc) is 2.34. The van der Waals surface area contributed by atoms with Gasteiger partial charge in [-0.25, -0.2) is 0 Å². The third-order valence-electron chi connectivity index (χ3n) is 4.81. The van der Waals surface area contributed by atoms with Crippen molar-refractivity contribution in [1.29, 1.82) is 0 Å². The molecule has 1 saturated carbocycles. The Morgan fingerprint density at radius 1 is 1.22 bits per heavy atom. The molecule has 1 heteroatoms. The van der Waals surface area contributed by atoms with E-state index in [1.165, 1.54) is 32.1 Å². The summed E-state index contributed by atoms with van der Waals surface area (Å²) in [6, 6.07) is 11.8. The molecule has 1 aromatic rings. The van der Waals surface area contributed by atoms with Crippen molar-refractivity contribution >= 4 is 0 Å². The predicted octanol–water partition coefficient (Wildman–Crippen LogP) is 4.13. The SMILES string of the molecule is CCCC(C)C(NC)C1(c2ccccc2)CCC1. The molecule has 0 radical (unpaired) electrons. The zero-order valence-electron chi connectivity index (χ0n) is 12.1. The zero-order valence-corrected chi connectivity index (χ0v) is 12.1. The first kappa shape index (κ1) is 13.6. The molecule has 0 aromatic heterocycles. The molecule has 1 fully saturated rings. The molecule has 18 heavy (non-hydrogen) atoms. The minimum Gasteiger partial charge on any atom is -0.316 e. The summed E-state index contributed by atoms with van der Waals surface area (Å²) in [4.78, 5) is 0. The fraction of sp³-hybridized carbons (Fsp3) is 0.647. The number of rotatable bonds is 6. The molecule has 0 spiro atoms. The van der Waals surface area contributed by atoms with Gasteiger partial charge >= 0.3 is 0 Å². The Kier molecular flexibility index (Phi) is 4.45. The summed E-state index contributed by atoms with van der Waals surface area (Å²) < 4.78 is 0. The van der Waals surface area contributed by atoms with Crippen LogP contribution in [0.3, 0.4) is 0 Å². The Hall–Kier alpha value is -0.820. The highest BCUT2D eigenvalue weighted by molar-refractivity contribution is 5.31. The first-order valence-corrected chi connectivity index (χ1v) is 7.47. The maximum absolute atomic E-state index is 3.63. The molecule has 2 rings (SSSR count). The third kappa shape index (κ3) is 2.33. The molecule has 2 unspecified atom stereocenters. The van der Waals surface area contributed by atoms with Crippen molar-refractivity contribution in [3.63, 3.8) is 0 Å². The van der Waals surface area contributed by atoms with Crippen molar-refractivity contribution in [2.75, 3.05) is 7.05 Å². The van der Waals surface area contributed by atoms with Crippen LogP contribution in [0.1, 0.15) is 51.5 Å². The summed E-state index contributed by atoms with van der Waals surface area (Å²) in [5, 5.41) is 3.63. The first-order valence-electron chi connectivity index (χ1n) is 7.47. The Morgan fingerprint density at radius 2 is 1.89 bits per heavy atom. The molecular weight excluding hydrogens is 218 g/mol. The summed E-state index contributed by atoms with van der Waals surface area (Å²) in [6.45, 7) is 4.70. The molecule has 0 heterocycles. The van der Waals surface area contributed by atoms with E-state index in [2.05, 4.69) is 56.5 Å². The van der Waals surface area contributed by atoms with Crippen molar-refractivity contribution < 1.29 is 0 Å². The summed E-state index contributed by atoms with van der Waals surface area (Å²) in [5.41, 5.74) is 1.93. The van der Waals surface area contributed by atoms with Crippen LogP contribution in [0.4, 0.5) is 0 Å². The van der Waals surface area contributed by atoms with Gasteiger partial charge in [0.1, 0.15) is 0 Å². The van der Waals surface area contributed by atoms with E-state index in [9.17, 15) is 0 Å². The van der Waals surface area contributed by atoms with Gasteiger partial charge in [0.15, 0.2) is 0 Å². The molecule has 0 aliphatic heterocycles. The van der Waals surface area contributed by atoms with Gasteiger partial charge in [-0.1, -0.05) is 57.0 Å². The first-order chi connectivity index (χ1) is 8.74. The zero-order chi connectivity index (χ0) is 13.0. The van der Waals surface area contributed by atoms with Crippen LogP contribution in [0.2, 0.25) is 0 Å². The van der Waals surface area contributed by atoms with Gasteiger partial charge in [-0.3, -0.25) is 0 Å². The number of hydrogen-bond acceptors (Lipinski definition) is 1. The Labute approximate surface area is 112 Å². The second kappa shape index (κ2) is 5.88. The van der Waals surface area contributed by atoms with Gasteiger partial charge in [0.05, 0.1) is 0 Å². The molecule has 1 aliphatic rings. The molecule has 1 N–H and O–H groups in total. The third-order valence-corrected chi connectivity index (χ3v) is 4.81. The van der Waals surface area contributed by atoms with Crippen molar-refractivity contribution in [3.8, 4) is 0 Å². The van der Waals surface area contributed by atoms with E-state index in [1.54, 1.807) is 5.56 Å². The van der Waals surface area contributed by atoms with Crippen LogP contribution in [0.15, 0.2) is 30.3 Å². The highest BCUT2D eigenvalue weighted by atomic mass is 14.9. The van der Waals surface area contributed by atoms with E-state index >= 15 is 0 Å². The maximum Gasteiger partial charge on any atom is 0.0187 e. The van der Waals surface area contributed by atoms with E-state index in [-0.39, 0.29) is 0 Å². The van der Waals surface area contributed by atoms with Gasteiger partial charge in [0.25, 0.3) is 0 Å². The van der Waals surface area contributed by atoms with Crippen LogP contribution in [0, 0.1) is 5.92 Å². The summed E-state index contributed by atoms with van der Waals surface area (Å²) in [5.74, 6) is 0.750. The molecule has 2 atom stereocenters. The van der Waals surface area contributed by atoms with E-state index in [0.29, 0.717) is 11.5 Å². The molecule has 0 amide bonds. The molecule has 100 valence electrons. The van der Waals surface area contributed by atoms with E-state index < -0.39 is 0 Å². The van der Waals surface area contributed by atoms with Gasteiger partial charge in [0.2, 0.25) is 0 Å². The van der Waals surface area contributed by atoms with Crippen LogP contribution in [0.5, 0.6) is 0 Å². The van der Waals surface area contributed by atoms with Gasteiger partial charge in [-0.05, 0) is 37.8 Å². The summed E-state index contributed by atoms with van der Waals surface area (Å²) in [7, 11) is 2.14. The standard InChI is InChI=1S/C17H27N/c1-4-9-14(2)16(18-3)17(12-8-13-17)15-10-6-5-7-11-15/h5-7,10-11,14,16,18H,4,8-9,12-13H2,1-3H3. The van der Waals surface area contributed by atoms with Crippen molar-refractivity contribution in [1.82, 2.24) is 5.32 Å². The number of hydrogen-bond donors (Lipinski definition) is 1. The van der Waals surface area contributed by atoms with Crippen LogP contribution in [-0.4, -0.2) is 13.1 Å². The van der Waals surface area contributed by atoms with Gasteiger partial charge in [0, 0.05) is 11.5 Å². The molecule has 0 saturated heterocycles. The molecule has 1 nitrogen and oxygen atoms in total. The van der Waals surface area contributed by atoms with Gasteiger partial charge in [-0.2, -0.15) is 0 Å². The highest BCUT2D eigenvalue weighted by Gasteiger charge is 2.46. The average molecular weight is 245 g/mol. The smallest absolute Gasteiger partial charge is 0.0187 e. The van der Waals surface area contributed by atoms with Gasteiger partial charge < -0.3 is 5.32 Å². The summed E-state index contributed by atoms with van der Waals surface area (Å²) in [6.07, 6.45) is 6.67. The van der Waals surface area contributed by atoms with Crippen molar-refractivity contribution in [3.05, 3.63) is 35.9 Å². The fourth-order valence-electron chi connectivity index (χ4n) is 3.83. The largest absolute Gasteiger partial charge is 0.316 e. The topological polar surface area (TPSA) is 12.0 Å². The lowest BCUT2D eigenvalue weighted by Gasteiger charge is -2.50. The van der Waals surface area contributed by atoms with Crippen LogP contribution < -0.4 is 5.32 Å². The van der Waals surface area contributed by atoms with Crippen LogP contribution in [-0.2, 0) is 5.41 Å². The lowest BCUT2D eigenvalue weighted by molar-refractivity contribution is 0.132. The van der Waals surface area contributed by atoms with Crippen molar-refractivity contribution in [2.45, 2.75) is 57.4 Å². The molecule has 1 aliphatic carbocycles. The molecule has 0 bridgehead atoms. The van der Waals surface area contributed by atoms with Crippen molar-refractivity contribution in [2.24, 2.45) is 5.92 Å². The quantitative estimate of drug-likeness (QED) is 0.794. The molecule has 1 aromatic carbocycles. The lowest BCUT2D eigenvalue weighted by atomic mass is 9.57. The Morgan fingerprint density at radius 3 is 2.33 bits per heavy atom. The lowest BCUT2D eigenvalue weighted by Crippen LogP contribution is -2.54. The molecular formula is C17H27N. The second-order valence-corrected chi connectivity index (χ2v) is 5.91. The highest BCUT2D eigenvalue weighted by Crippen LogP contribution is 2.48. The predicted molar refractivity (Wildman–Crippen MR) is 78.9 cm³/mol. The maximum atomic E-state index is 3.63. The number of nitrogens with one attached hydrogen (secondary N) is 1. The number of likely N-dealkylation sites (N-methyl/N-ethyl adjacent to an activating group) is 1. The monoisotopic (exact) mass is 245 g/mol. The Bertz CT molecular complexity index is 353. The van der Waals surface area contributed by atoms with E-state index in [0.717, 1.165) is 5.92 Å². The fourth-order valence-corrected chi connectivity index (χ4v) is 3.83. The van der Waals surface area contributed by atoms with E-state index in [4.69, 9.17) is 0 Å². The van der Waals surface area contributed by atoms with E-state index in [1.807, 2.05) is 0 Å².